The summed E-state index contributed by atoms with van der Waals surface area (Å²) in [7, 11) is 0. The molecule has 0 spiro atoms. The molecule has 1 saturated heterocycles. The third kappa shape index (κ3) is 6.84. The van der Waals surface area contributed by atoms with Crippen LogP contribution in [0.1, 0.15) is 83.5 Å². The molecule has 1 amide bonds. The Kier molecular flexibility index (Phi) is 10.1. The largest absolute Gasteiger partial charge is 0.507 e. The summed E-state index contributed by atoms with van der Waals surface area (Å²) in [6, 6.07) is 14.5. The van der Waals surface area contributed by atoms with Crippen molar-refractivity contribution in [2.24, 2.45) is 0 Å². The second-order valence-corrected chi connectivity index (χ2v) is 11.0. The van der Waals surface area contributed by atoms with Crippen LogP contribution in [0.2, 0.25) is 0 Å². The molecule has 0 saturated carbocycles. The molecule has 0 bridgehead atoms. The van der Waals surface area contributed by atoms with Gasteiger partial charge in [0.05, 0.1) is 18.2 Å². The SMILES string of the molecule is CCCCOc1cccc(C(O)=C2C(=O)C(=O)N(CCCN(CC)CC)C2c2ccc(C(C)(C)C)cc2)c1. The highest BCUT2D eigenvalue weighted by Gasteiger charge is 2.45. The van der Waals surface area contributed by atoms with E-state index in [1.54, 1.807) is 23.1 Å². The Balaban J connectivity index is 2.03. The van der Waals surface area contributed by atoms with Crippen molar-refractivity contribution in [3.63, 3.8) is 0 Å². The maximum atomic E-state index is 13.4. The van der Waals surface area contributed by atoms with E-state index < -0.39 is 17.7 Å². The first-order valence-electron chi connectivity index (χ1n) is 14.0. The molecule has 3 rings (SSSR count). The van der Waals surface area contributed by atoms with Gasteiger partial charge in [-0.05, 0) is 61.2 Å². The van der Waals surface area contributed by atoms with E-state index in [4.69, 9.17) is 4.74 Å². The van der Waals surface area contributed by atoms with Gasteiger partial charge >= 0.3 is 0 Å². The minimum Gasteiger partial charge on any atom is -0.507 e. The zero-order chi connectivity index (χ0) is 27.9. The third-order valence-electron chi connectivity index (χ3n) is 7.27. The van der Waals surface area contributed by atoms with Crippen molar-refractivity contribution in [3.05, 3.63) is 70.8 Å². The molecule has 2 aromatic rings. The van der Waals surface area contributed by atoms with Crippen LogP contribution in [0.3, 0.4) is 0 Å². The quantitative estimate of drug-likeness (QED) is 0.154. The normalized spacial score (nSPS) is 17.4. The number of aliphatic hydroxyl groups excluding tert-OH is 1. The van der Waals surface area contributed by atoms with Crippen molar-refractivity contribution in [2.45, 2.75) is 72.3 Å². The molecule has 6 nitrogen and oxygen atoms in total. The standard InChI is InChI=1S/C32H44N2O4/c1-7-10-21-38-26-14-11-13-24(22-26)29(35)27-28(23-15-17-25(18-16-23)32(4,5)6)34(31(37)30(27)36)20-12-19-33(8-2)9-3/h11,13-18,22,28,35H,7-10,12,19-21H2,1-6H3. The molecule has 1 heterocycles. The fourth-order valence-corrected chi connectivity index (χ4v) is 4.85. The number of ketones is 1. The van der Waals surface area contributed by atoms with Crippen LogP contribution < -0.4 is 4.74 Å². The zero-order valence-electron chi connectivity index (χ0n) is 23.9. The van der Waals surface area contributed by atoms with Gasteiger partial charge in [-0.3, -0.25) is 9.59 Å². The molecule has 1 aliphatic rings. The number of carbonyl (C=O) groups excluding carboxylic acids is 2. The number of hydrogen-bond acceptors (Lipinski definition) is 5. The molecule has 1 atom stereocenters. The Morgan fingerprint density at radius 1 is 1.00 bits per heavy atom. The number of ether oxygens (including phenoxy) is 1. The highest BCUT2D eigenvalue weighted by Crippen LogP contribution is 2.40. The Labute approximate surface area is 228 Å². The van der Waals surface area contributed by atoms with Crippen molar-refractivity contribution in [1.82, 2.24) is 9.80 Å². The van der Waals surface area contributed by atoms with Crippen molar-refractivity contribution in [1.29, 1.82) is 0 Å². The number of hydrogen-bond donors (Lipinski definition) is 1. The fourth-order valence-electron chi connectivity index (χ4n) is 4.85. The molecule has 1 aliphatic heterocycles. The smallest absolute Gasteiger partial charge is 0.295 e. The van der Waals surface area contributed by atoms with E-state index in [0.29, 0.717) is 24.5 Å². The second kappa shape index (κ2) is 13.1. The van der Waals surface area contributed by atoms with Gasteiger partial charge in [0.1, 0.15) is 11.5 Å². The number of benzene rings is 2. The second-order valence-electron chi connectivity index (χ2n) is 11.0. The summed E-state index contributed by atoms with van der Waals surface area (Å²) >= 11 is 0. The summed E-state index contributed by atoms with van der Waals surface area (Å²) < 4.78 is 5.82. The number of amides is 1. The molecule has 0 radical (unpaired) electrons. The molecule has 1 fully saturated rings. The van der Waals surface area contributed by atoms with E-state index in [9.17, 15) is 14.7 Å². The first-order valence-corrected chi connectivity index (χ1v) is 14.0. The number of carbonyl (C=O) groups is 2. The summed E-state index contributed by atoms with van der Waals surface area (Å²) in [6.07, 6.45) is 2.69. The first-order chi connectivity index (χ1) is 18.1. The lowest BCUT2D eigenvalue weighted by Crippen LogP contribution is -2.33. The molecule has 206 valence electrons. The molecule has 2 aromatic carbocycles. The average Bonchev–Trinajstić information content (AvgIpc) is 3.15. The van der Waals surface area contributed by atoms with Crippen molar-refractivity contribution in [3.8, 4) is 5.75 Å². The van der Waals surface area contributed by atoms with Crippen LogP contribution in [-0.2, 0) is 15.0 Å². The Morgan fingerprint density at radius 3 is 2.29 bits per heavy atom. The van der Waals surface area contributed by atoms with Crippen LogP contribution in [0, 0.1) is 0 Å². The number of nitrogens with zero attached hydrogens (tertiary/aromatic N) is 2. The number of unbranched alkanes of at least 4 members (excludes halogenated alkanes) is 1. The summed E-state index contributed by atoms with van der Waals surface area (Å²) in [5.41, 5.74) is 2.56. The lowest BCUT2D eigenvalue weighted by atomic mass is 9.85. The lowest BCUT2D eigenvalue weighted by molar-refractivity contribution is -0.140. The summed E-state index contributed by atoms with van der Waals surface area (Å²) in [4.78, 5) is 30.6. The molecule has 0 aromatic heterocycles. The molecular formula is C32H44N2O4. The van der Waals surface area contributed by atoms with E-state index in [2.05, 4.69) is 46.4 Å². The van der Waals surface area contributed by atoms with Crippen LogP contribution in [0.15, 0.2) is 54.1 Å². The minimum atomic E-state index is -0.648. The van der Waals surface area contributed by atoms with E-state index in [0.717, 1.165) is 50.0 Å². The van der Waals surface area contributed by atoms with E-state index in [-0.39, 0.29) is 16.7 Å². The van der Waals surface area contributed by atoms with Gasteiger partial charge < -0.3 is 19.6 Å². The molecule has 0 aliphatic carbocycles. The van der Waals surface area contributed by atoms with Gasteiger partial charge in [0.2, 0.25) is 0 Å². The minimum absolute atomic E-state index is 0.0255. The van der Waals surface area contributed by atoms with Gasteiger partial charge in [0, 0.05) is 12.1 Å². The topological polar surface area (TPSA) is 70.1 Å². The lowest BCUT2D eigenvalue weighted by Gasteiger charge is -2.27. The highest BCUT2D eigenvalue weighted by molar-refractivity contribution is 6.46. The Morgan fingerprint density at radius 2 is 1.68 bits per heavy atom. The maximum Gasteiger partial charge on any atom is 0.295 e. The van der Waals surface area contributed by atoms with Crippen molar-refractivity contribution in [2.75, 3.05) is 32.8 Å². The van der Waals surface area contributed by atoms with E-state index >= 15 is 0 Å². The summed E-state index contributed by atoms with van der Waals surface area (Å²) in [6.45, 7) is 16.5. The fraction of sp³-hybridized carbons (Fsp3) is 0.500. The van der Waals surface area contributed by atoms with Crippen LogP contribution in [-0.4, -0.2) is 59.4 Å². The Hall–Kier alpha value is -3.12. The third-order valence-corrected chi connectivity index (χ3v) is 7.27. The first kappa shape index (κ1) is 29.4. The average molecular weight is 521 g/mol. The van der Waals surface area contributed by atoms with Gasteiger partial charge in [-0.15, -0.1) is 0 Å². The summed E-state index contributed by atoms with van der Waals surface area (Å²) in [5.74, 6) is -0.749. The van der Waals surface area contributed by atoms with Crippen molar-refractivity contribution >= 4 is 17.4 Å². The predicted molar refractivity (Wildman–Crippen MR) is 153 cm³/mol. The van der Waals surface area contributed by atoms with E-state index in [1.165, 1.54) is 0 Å². The van der Waals surface area contributed by atoms with Crippen molar-refractivity contribution < 1.29 is 19.4 Å². The van der Waals surface area contributed by atoms with Gasteiger partial charge in [-0.25, -0.2) is 0 Å². The van der Waals surface area contributed by atoms with Crippen LogP contribution in [0.5, 0.6) is 5.75 Å². The monoisotopic (exact) mass is 520 g/mol. The number of rotatable bonds is 12. The molecule has 1 unspecified atom stereocenters. The van der Waals surface area contributed by atoms with Crippen LogP contribution >= 0.6 is 0 Å². The van der Waals surface area contributed by atoms with Crippen LogP contribution in [0.4, 0.5) is 0 Å². The van der Waals surface area contributed by atoms with Gasteiger partial charge in [-0.2, -0.15) is 0 Å². The van der Waals surface area contributed by atoms with Crippen LogP contribution in [0.25, 0.3) is 5.76 Å². The van der Waals surface area contributed by atoms with Gasteiger partial charge in [-0.1, -0.05) is 84.4 Å². The zero-order valence-corrected chi connectivity index (χ0v) is 23.9. The highest BCUT2D eigenvalue weighted by atomic mass is 16.5. The van der Waals surface area contributed by atoms with E-state index in [1.807, 2.05) is 30.3 Å². The molecule has 6 heteroatoms. The number of aliphatic hydroxyl groups is 1. The number of Topliss-reactive ketones (excluding diaryl/α,β-unsaturated/α-hetero) is 1. The Bertz CT molecular complexity index is 1130. The number of likely N-dealkylation sites (tertiary alicyclic amines) is 1. The van der Waals surface area contributed by atoms with Gasteiger partial charge in [0.15, 0.2) is 0 Å². The predicted octanol–water partition coefficient (Wildman–Crippen LogP) is 6.32. The molecule has 1 N–H and O–H groups in total. The summed E-state index contributed by atoms with van der Waals surface area (Å²) in [5, 5.41) is 11.4. The molecule has 38 heavy (non-hydrogen) atoms. The maximum absolute atomic E-state index is 13.4. The van der Waals surface area contributed by atoms with Gasteiger partial charge in [0.25, 0.3) is 11.7 Å². The molecular weight excluding hydrogens is 476 g/mol.